The van der Waals surface area contributed by atoms with E-state index in [1.165, 1.54) is 12.1 Å². The maximum absolute atomic E-state index is 13.6. The Balaban J connectivity index is 2.19. The number of aliphatic hydroxyl groups excluding tert-OH is 1. The molecule has 1 aromatic heterocycles. The molecule has 0 radical (unpaired) electrons. The molecule has 0 aliphatic heterocycles. The lowest BCUT2D eigenvalue weighted by Crippen LogP contribution is -2.37. The molecule has 0 saturated heterocycles. The van der Waals surface area contributed by atoms with Gasteiger partial charge in [-0.05, 0) is 13.0 Å². The zero-order valence-corrected chi connectivity index (χ0v) is 11.5. The van der Waals surface area contributed by atoms with Gasteiger partial charge in [-0.3, -0.25) is 4.79 Å². The van der Waals surface area contributed by atoms with Gasteiger partial charge in [0.05, 0.1) is 13.7 Å². The minimum absolute atomic E-state index is 0.00586. The average Bonchev–Trinajstić information content (AvgIpc) is 2.82. The van der Waals surface area contributed by atoms with Crippen molar-refractivity contribution >= 4 is 22.8 Å². The number of amides is 1. The summed E-state index contributed by atoms with van der Waals surface area (Å²) in [5.74, 6) is -2.13. The van der Waals surface area contributed by atoms with E-state index in [9.17, 15) is 19.1 Å². The maximum Gasteiger partial charge on any atom is 0.336 e. The van der Waals surface area contributed by atoms with Crippen LogP contribution in [-0.4, -0.2) is 36.7 Å². The summed E-state index contributed by atoms with van der Waals surface area (Å²) in [5.41, 5.74) is 0.475. The molecule has 1 aromatic carbocycles. The number of hydrogen-bond acceptors (Lipinski definition) is 5. The molecule has 2 aromatic rings. The Morgan fingerprint density at radius 2 is 2.19 bits per heavy atom. The number of furan rings is 1. The van der Waals surface area contributed by atoms with Crippen molar-refractivity contribution in [1.82, 2.24) is 5.32 Å². The van der Waals surface area contributed by atoms with Crippen molar-refractivity contribution in [2.45, 2.75) is 13.0 Å². The summed E-state index contributed by atoms with van der Waals surface area (Å²) in [4.78, 5) is 23.0. The molecule has 7 heteroatoms. The van der Waals surface area contributed by atoms with Crippen LogP contribution in [0.4, 0.5) is 4.39 Å². The van der Waals surface area contributed by atoms with Gasteiger partial charge in [0, 0.05) is 10.9 Å². The number of aliphatic hydroxyl groups is 1. The van der Waals surface area contributed by atoms with Crippen LogP contribution >= 0.6 is 0 Å². The first kappa shape index (κ1) is 15.0. The van der Waals surface area contributed by atoms with E-state index >= 15 is 0 Å². The number of carbonyl (C=O) groups excluding carboxylic acids is 2. The second-order valence-electron chi connectivity index (χ2n) is 4.42. The number of esters is 1. The third-order valence-corrected chi connectivity index (χ3v) is 3.05. The summed E-state index contributed by atoms with van der Waals surface area (Å²) in [6.45, 7) is 1.29. The van der Waals surface area contributed by atoms with Gasteiger partial charge in [-0.25, -0.2) is 9.18 Å². The quantitative estimate of drug-likeness (QED) is 0.826. The van der Waals surface area contributed by atoms with Gasteiger partial charge in [-0.1, -0.05) is 12.1 Å². The second kappa shape index (κ2) is 5.92. The Bertz CT molecular complexity index is 694. The lowest BCUT2D eigenvalue weighted by atomic mass is 10.1. The number of carbonyl (C=O) groups is 2. The minimum Gasteiger partial charge on any atom is -0.467 e. The standard InChI is InChI=1S/C14H14FNO5/c1-7-8-4-3-5-9(15)12(8)21-11(7)13(18)16-6-10(17)14(19)20-2/h3-5,10,17H,6H2,1-2H3,(H,16,18). The maximum atomic E-state index is 13.6. The van der Waals surface area contributed by atoms with Crippen LogP contribution in [0.25, 0.3) is 11.0 Å². The summed E-state index contributed by atoms with van der Waals surface area (Å²) in [6.07, 6.45) is -1.47. The fourth-order valence-corrected chi connectivity index (χ4v) is 1.91. The highest BCUT2D eigenvalue weighted by Crippen LogP contribution is 2.27. The molecule has 21 heavy (non-hydrogen) atoms. The van der Waals surface area contributed by atoms with Gasteiger partial charge < -0.3 is 19.6 Å². The van der Waals surface area contributed by atoms with Gasteiger partial charge in [0.15, 0.2) is 23.3 Å². The van der Waals surface area contributed by atoms with E-state index in [1.807, 2.05) is 0 Å². The molecule has 0 spiro atoms. The SMILES string of the molecule is COC(=O)C(O)CNC(=O)c1oc2c(F)cccc2c1C. The van der Waals surface area contributed by atoms with Gasteiger partial charge in [0.25, 0.3) is 5.91 Å². The predicted molar refractivity (Wildman–Crippen MR) is 71.3 cm³/mol. The number of fused-ring (bicyclic) bond motifs is 1. The van der Waals surface area contributed by atoms with E-state index in [2.05, 4.69) is 10.1 Å². The average molecular weight is 295 g/mol. The van der Waals surface area contributed by atoms with Crippen LogP contribution in [0.1, 0.15) is 16.1 Å². The fourth-order valence-electron chi connectivity index (χ4n) is 1.91. The molecule has 0 aliphatic carbocycles. The first-order valence-corrected chi connectivity index (χ1v) is 6.17. The van der Waals surface area contributed by atoms with E-state index in [0.29, 0.717) is 10.9 Å². The molecule has 1 unspecified atom stereocenters. The van der Waals surface area contributed by atoms with Gasteiger partial charge in [0.2, 0.25) is 0 Å². The molecule has 1 amide bonds. The minimum atomic E-state index is -1.47. The van der Waals surface area contributed by atoms with Gasteiger partial charge >= 0.3 is 5.97 Å². The second-order valence-corrected chi connectivity index (χ2v) is 4.42. The van der Waals surface area contributed by atoms with E-state index in [1.54, 1.807) is 13.0 Å². The van der Waals surface area contributed by atoms with Gasteiger partial charge in [-0.2, -0.15) is 0 Å². The van der Waals surface area contributed by atoms with E-state index < -0.39 is 23.8 Å². The van der Waals surface area contributed by atoms with Crippen LogP contribution in [0.15, 0.2) is 22.6 Å². The Hall–Kier alpha value is -2.41. The Morgan fingerprint density at radius 3 is 2.81 bits per heavy atom. The normalized spacial score (nSPS) is 12.2. The molecule has 6 nitrogen and oxygen atoms in total. The lowest BCUT2D eigenvalue weighted by molar-refractivity contribution is -0.149. The highest BCUT2D eigenvalue weighted by Gasteiger charge is 2.22. The first-order chi connectivity index (χ1) is 9.95. The smallest absolute Gasteiger partial charge is 0.336 e. The van der Waals surface area contributed by atoms with Gasteiger partial charge in [0.1, 0.15) is 0 Å². The first-order valence-electron chi connectivity index (χ1n) is 6.17. The van der Waals surface area contributed by atoms with Crippen molar-refractivity contribution in [1.29, 1.82) is 0 Å². The van der Waals surface area contributed by atoms with Crippen LogP contribution in [0, 0.1) is 12.7 Å². The predicted octanol–water partition coefficient (Wildman–Crippen LogP) is 1.14. The van der Waals surface area contributed by atoms with Crippen molar-refractivity contribution in [3.63, 3.8) is 0 Å². The van der Waals surface area contributed by atoms with E-state index in [0.717, 1.165) is 7.11 Å². The summed E-state index contributed by atoms with van der Waals surface area (Å²) in [6, 6.07) is 4.38. The molecular formula is C14H14FNO5. The van der Waals surface area contributed by atoms with Crippen LogP contribution in [0.3, 0.4) is 0 Å². The zero-order chi connectivity index (χ0) is 15.6. The number of benzene rings is 1. The molecule has 0 bridgehead atoms. The Labute approximate surface area is 119 Å². The molecule has 1 heterocycles. The van der Waals surface area contributed by atoms with Crippen molar-refractivity contribution in [3.05, 3.63) is 35.3 Å². The van der Waals surface area contributed by atoms with Crippen LogP contribution in [0.5, 0.6) is 0 Å². The third-order valence-electron chi connectivity index (χ3n) is 3.05. The molecular weight excluding hydrogens is 281 g/mol. The van der Waals surface area contributed by atoms with Crippen molar-refractivity contribution < 1.29 is 28.2 Å². The number of hydrogen-bond donors (Lipinski definition) is 2. The summed E-state index contributed by atoms with van der Waals surface area (Å²) in [7, 11) is 1.12. The van der Waals surface area contributed by atoms with Crippen molar-refractivity contribution in [2.75, 3.05) is 13.7 Å². The topological polar surface area (TPSA) is 88.8 Å². The third kappa shape index (κ3) is 2.87. The lowest BCUT2D eigenvalue weighted by Gasteiger charge is -2.08. The zero-order valence-electron chi connectivity index (χ0n) is 11.5. The number of aryl methyl sites for hydroxylation is 1. The Kier molecular flexibility index (Phi) is 4.23. The van der Waals surface area contributed by atoms with Gasteiger partial charge in [-0.15, -0.1) is 0 Å². The number of halogens is 1. The molecule has 112 valence electrons. The summed E-state index contributed by atoms with van der Waals surface area (Å²) in [5, 5.41) is 12.2. The summed E-state index contributed by atoms with van der Waals surface area (Å²) >= 11 is 0. The highest BCUT2D eigenvalue weighted by molar-refractivity contribution is 5.99. The molecule has 2 N–H and O–H groups in total. The molecule has 1 atom stereocenters. The molecule has 0 saturated carbocycles. The number of ether oxygens (including phenoxy) is 1. The molecule has 0 aliphatic rings. The monoisotopic (exact) mass is 295 g/mol. The molecule has 2 rings (SSSR count). The van der Waals surface area contributed by atoms with E-state index in [4.69, 9.17) is 4.42 Å². The number of methoxy groups -OCH3 is 1. The number of nitrogens with one attached hydrogen (secondary N) is 1. The fraction of sp³-hybridized carbons (Fsp3) is 0.286. The highest BCUT2D eigenvalue weighted by atomic mass is 19.1. The summed E-state index contributed by atoms with van der Waals surface area (Å²) < 4.78 is 23.1. The molecule has 0 fully saturated rings. The van der Waals surface area contributed by atoms with Crippen molar-refractivity contribution in [3.8, 4) is 0 Å². The van der Waals surface area contributed by atoms with Crippen LogP contribution < -0.4 is 5.32 Å². The number of rotatable bonds is 4. The van der Waals surface area contributed by atoms with Crippen LogP contribution in [-0.2, 0) is 9.53 Å². The largest absolute Gasteiger partial charge is 0.467 e. The van der Waals surface area contributed by atoms with E-state index in [-0.39, 0.29) is 17.9 Å². The Morgan fingerprint density at radius 1 is 1.48 bits per heavy atom. The van der Waals surface area contributed by atoms with Crippen LogP contribution in [0.2, 0.25) is 0 Å². The number of para-hydroxylation sites is 1. The van der Waals surface area contributed by atoms with Crippen molar-refractivity contribution in [2.24, 2.45) is 0 Å².